The van der Waals surface area contributed by atoms with Gasteiger partial charge in [-0.1, -0.05) is 30.3 Å². The third-order valence-corrected chi connectivity index (χ3v) is 16.3. The zero-order valence-corrected chi connectivity index (χ0v) is 37.6. The van der Waals surface area contributed by atoms with E-state index in [-0.39, 0.29) is 14.5 Å². The normalized spacial score (nSPS) is 11.9. The van der Waals surface area contributed by atoms with Gasteiger partial charge in [-0.25, -0.2) is 0 Å². The molecule has 0 aliphatic carbocycles. The topological polar surface area (TPSA) is 4.93 Å². The molecular weight excluding hydrogens is 862 g/mol. The smallest absolute Gasteiger partial charge is 0.0544 e. The van der Waals surface area contributed by atoms with Crippen LogP contribution in [0.15, 0.2) is 237 Å². The van der Waals surface area contributed by atoms with Gasteiger partial charge < -0.3 is 0 Å². The zero-order valence-electron chi connectivity index (χ0n) is 35.9. The van der Waals surface area contributed by atoms with E-state index < -0.39 is 0 Å². The van der Waals surface area contributed by atoms with E-state index in [1.165, 1.54) is 134 Å². The van der Waals surface area contributed by atoms with Gasteiger partial charge in [0.05, 0.1) is 0 Å². The van der Waals surface area contributed by atoms with Gasteiger partial charge in [-0.2, -0.15) is 0 Å². The van der Waals surface area contributed by atoms with Gasteiger partial charge >= 0.3 is 354 Å². The molecule has 12 aromatic carbocycles. The van der Waals surface area contributed by atoms with Crippen molar-refractivity contribution in [2.75, 3.05) is 0 Å². The minimum absolute atomic E-state index is 0.174. The molecule has 0 saturated heterocycles. The minimum Gasteiger partial charge on any atom is -0.0617 e. The Morgan fingerprint density at radius 1 is 0.227 bits per heavy atom. The second kappa shape index (κ2) is 14.8. The standard InChI is InChI=1S/C64H39NSe/c1-3-17-40(18-4-1)42-32-35-58-55(37-42)45-21-15-16-30-57(45)65(58)64-53-28-13-11-26-51(53)63(52-27-12-14-29-54(52)64)44-31-34-46-56-38-43(33-36-59(56)66-60(46)39-44)62-49-24-9-7-22-47(49)61(41-19-5-2-6-20-41)48-23-8-10-25-50(48)62/h1-39H. The predicted molar refractivity (Wildman–Crippen MR) is 285 cm³/mol. The summed E-state index contributed by atoms with van der Waals surface area (Å²) in [7, 11) is 0. The summed E-state index contributed by atoms with van der Waals surface area (Å²) in [6, 6.07) is 88.1. The fourth-order valence-electron chi connectivity index (χ4n) is 11.1. The fraction of sp³-hybridized carbons (Fsp3) is 0. The van der Waals surface area contributed by atoms with E-state index in [9.17, 15) is 0 Å². The molecule has 0 N–H and O–H groups in total. The number of hydrogen-bond donors (Lipinski definition) is 0. The van der Waals surface area contributed by atoms with Crippen LogP contribution in [-0.4, -0.2) is 19.1 Å². The molecule has 0 spiro atoms. The average Bonchev–Trinajstić information content (AvgIpc) is 3.92. The van der Waals surface area contributed by atoms with Crippen LogP contribution in [0.4, 0.5) is 0 Å². The molecule has 0 amide bonds. The van der Waals surface area contributed by atoms with Crippen molar-refractivity contribution in [1.29, 1.82) is 0 Å². The molecule has 0 aliphatic heterocycles. The number of aromatic nitrogens is 1. The van der Waals surface area contributed by atoms with Crippen molar-refractivity contribution in [2.45, 2.75) is 0 Å². The van der Waals surface area contributed by atoms with Crippen molar-refractivity contribution in [3.63, 3.8) is 0 Å². The van der Waals surface area contributed by atoms with Gasteiger partial charge in [0.25, 0.3) is 0 Å². The molecule has 66 heavy (non-hydrogen) atoms. The quantitative estimate of drug-likeness (QED) is 0.120. The number of fused-ring (bicyclic) bond motifs is 10. The molecule has 0 aliphatic rings. The maximum atomic E-state index is 2.52. The Morgan fingerprint density at radius 3 is 1.26 bits per heavy atom. The predicted octanol–water partition coefficient (Wildman–Crippen LogP) is 17.4. The largest absolute Gasteiger partial charge is 0.0617 e. The first-order valence-electron chi connectivity index (χ1n) is 22.8. The van der Waals surface area contributed by atoms with E-state index in [4.69, 9.17) is 0 Å². The third-order valence-electron chi connectivity index (χ3n) is 13.9. The summed E-state index contributed by atoms with van der Waals surface area (Å²) < 4.78 is 5.41. The SMILES string of the molecule is c1ccc(-c2ccc3c(c2)c2ccccc2n3-c2c3ccccc3c(-c3ccc4c(c3)[se]c3ccc(-c5c6ccccc6c(-c6ccccc6)c6ccccc56)cc34)c3ccccc23)cc1. The van der Waals surface area contributed by atoms with Crippen molar-refractivity contribution < 1.29 is 0 Å². The molecule has 0 bridgehead atoms. The second-order valence-corrected chi connectivity index (χ2v) is 19.8. The fourth-order valence-corrected chi connectivity index (χ4v) is 13.5. The maximum Gasteiger partial charge on any atom is -0.0544 e. The first-order chi connectivity index (χ1) is 32.8. The Labute approximate surface area is 387 Å². The molecule has 14 aromatic rings. The van der Waals surface area contributed by atoms with E-state index in [0.717, 1.165) is 0 Å². The molecule has 0 radical (unpaired) electrons. The van der Waals surface area contributed by atoms with E-state index >= 15 is 0 Å². The Kier molecular flexibility index (Phi) is 8.37. The number of para-hydroxylation sites is 1. The molecule has 14 rings (SSSR count). The van der Waals surface area contributed by atoms with Gasteiger partial charge in [0.15, 0.2) is 0 Å². The Hall–Kier alpha value is -8.00. The molecule has 1 nitrogen and oxygen atoms in total. The van der Waals surface area contributed by atoms with Crippen LogP contribution < -0.4 is 0 Å². The van der Waals surface area contributed by atoms with Crippen LogP contribution >= 0.6 is 0 Å². The number of benzene rings is 12. The number of nitrogens with zero attached hydrogens (tertiary/aromatic N) is 1. The first kappa shape index (κ1) is 37.4. The van der Waals surface area contributed by atoms with Gasteiger partial charge in [-0.3, -0.25) is 0 Å². The molecule has 2 aromatic heterocycles. The summed E-state index contributed by atoms with van der Waals surface area (Å²) in [6.45, 7) is 0. The van der Waals surface area contributed by atoms with Gasteiger partial charge in [0.1, 0.15) is 0 Å². The summed E-state index contributed by atoms with van der Waals surface area (Å²) in [5, 5.41) is 15.4. The first-order valence-corrected chi connectivity index (χ1v) is 24.5. The van der Waals surface area contributed by atoms with Crippen LogP contribution in [0.1, 0.15) is 0 Å². The molecule has 0 unspecified atom stereocenters. The molecular formula is C64H39NSe. The van der Waals surface area contributed by atoms with Crippen LogP contribution in [0.3, 0.4) is 0 Å². The van der Waals surface area contributed by atoms with Gasteiger partial charge in [-0.15, -0.1) is 0 Å². The molecule has 0 atom stereocenters. The van der Waals surface area contributed by atoms with Crippen molar-refractivity contribution in [3.8, 4) is 50.2 Å². The summed E-state index contributed by atoms with van der Waals surface area (Å²) in [5.41, 5.74) is 13.8. The molecule has 0 saturated carbocycles. The summed E-state index contributed by atoms with van der Waals surface area (Å²) >= 11 is 0.174. The summed E-state index contributed by atoms with van der Waals surface area (Å²) in [5.74, 6) is 0. The number of hydrogen-bond acceptors (Lipinski definition) is 0. The maximum absolute atomic E-state index is 2.52. The van der Waals surface area contributed by atoms with Gasteiger partial charge in [0.2, 0.25) is 0 Å². The monoisotopic (exact) mass is 901 g/mol. The van der Waals surface area contributed by atoms with E-state index in [1.54, 1.807) is 0 Å². The van der Waals surface area contributed by atoms with Crippen molar-refractivity contribution in [2.24, 2.45) is 0 Å². The molecule has 306 valence electrons. The van der Waals surface area contributed by atoms with Crippen LogP contribution in [0.5, 0.6) is 0 Å². The Morgan fingerprint density at radius 2 is 0.652 bits per heavy atom. The Balaban J connectivity index is 0.962. The molecule has 0 fully saturated rings. The summed E-state index contributed by atoms with van der Waals surface area (Å²) in [6.07, 6.45) is 0. The van der Waals surface area contributed by atoms with Crippen molar-refractivity contribution in [1.82, 2.24) is 4.57 Å². The van der Waals surface area contributed by atoms with Crippen LogP contribution in [0, 0.1) is 0 Å². The van der Waals surface area contributed by atoms with Crippen LogP contribution in [0.25, 0.3) is 134 Å². The molecule has 2 heteroatoms. The van der Waals surface area contributed by atoms with E-state index in [1.807, 2.05) is 0 Å². The number of rotatable bonds is 5. The van der Waals surface area contributed by atoms with Gasteiger partial charge in [0, 0.05) is 0 Å². The van der Waals surface area contributed by atoms with Crippen LogP contribution in [0.2, 0.25) is 0 Å². The van der Waals surface area contributed by atoms with E-state index in [2.05, 4.69) is 241 Å². The van der Waals surface area contributed by atoms with Crippen LogP contribution in [-0.2, 0) is 0 Å². The van der Waals surface area contributed by atoms with E-state index in [0.29, 0.717) is 0 Å². The average molecular weight is 901 g/mol. The van der Waals surface area contributed by atoms with Crippen molar-refractivity contribution in [3.05, 3.63) is 237 Å². The van der Waals surface area contributed by atoms with Crippen molar-refractivity contribution >= 4 is 98.7 Å². The molecule has 2 heterocycles. The zero-order chi connectivity index (χ0) is 43.3. The minimum atomic E-state index is 0.174. The summed E-state index contributed by atoms with van der Waals surface area (Å²) in [4.78, 5) is 0. The third kappa shape index (κ3) is 5.60. The Bertz CT molecular complexity index is 4160. The second-order valence-electron chi connectivity index (χ2n) is 17.5. The van der Waals surface area contributed by atoms with Gasteiger partial charge in [-0.05, 0) is 5.56 Å².